The molecule has 0 unspecified atom stereocenters. The number of ether oxygens (including phenoxy) is 1. The van der Waals surface area contributed by atoms with Crippen molar-refractivity contribution in [3.63, 3.8) is 0 Å². The summed E-state index contributed by atoms with van der Waals surface area (Å²) in [5, 5.41) is 10.6. The Hall–Kier alpha value is -3.75. The lowest BCUT2D eigenvalue weighted by Gasteiger charge is -2.08. The maximum absolute atomic E-state index is 12.0. The standard InChI is InChI=1S/C16H13N3O6/c1-10(20)25-14-4-2-3-12(9-14)16(22)18-17-15(21)11-5-7-13(8-6-11)19(23)24/h2-9H,1H3,(H,17,21)(H,18,22). The van der Waals surface area contributed by atoms with E-state index in [4.69, 9.17) is 4.74 Å². The zero-order chi connectivity index (χ0) is 18.4. The number of carbonyl (C=O) groups is 3. The monoisotopic (exact) mass is 343 g/mol. The van der Waals surface area contributed by atoms with Crippen LogP contribution >= 0.6 is 0 Å². The molecule has 0 saturated heterocycles. The summed E-state index contributed by atoms with van der Waals surface area (Å²) >= 11 is 0. The quantitative estimate of drug-likeness (QED) is 0.375. The summed E-state index contributed by atoms with van der Waals surface area (Å²) in [7, 11) is 0. The molecular weight excluding hydrogens is 330 g/mol. The van der Waals surface area contributed by atoms with Crippen LogP contribution in [0.1, 0.15) is 27.6 Å². The first-order chi connectivity index (χ1) is 11.9. The average Bonchev–Trinajstić information content (AvgIpc) is 2.59. The van der Waals surface area contributed by atoms with Crippen molar-refractivity contribution >= 4 is 23.5 Å². The SMILES string of the molecule is CC(=O)Oc1cccc(C(=O)NNC(=O)c2ccc([N+](=O)[O-])cc2)c1. The van der Waals surface area contributed by atoms with Crippen LogP contribution in [0.4, 0.5) is 5.69 Å². The van der Waals surface area contributed by atoms with E-state index in [1.807, 2.05) is 0 Å². The maximum atomic E-state index is 12.0. The Morgan fingerprint density at radius 1 is 0.960 bits per heavy atom. The highest BCUT2D eigenvalue weighted by Gasteiger charge is 2.12. The van der Waals surface area contributed by atoms with Crippen LogP contribution in [0.5, 0.6) is 5.75 Å². The number of benzene rings is 2. The Morgan fingerprint density at radius 3 is 2.12 bits per heavy atom. The fourth-order valence-corrected chi connectivity index (χ4v) is 1.86. The van der Waals surface area contributed by atoms with Crippen molar-refractivity contribution in [2.24, 2.45) is 0 Å². The normalized spacial score (nSPS) is 9.80. The van der Waals surface area contributed by atoms with E-state index in [1.54, 1.807) is 0 Å². The lowest BCUT2D eigenvalue weighted by molar-refractivity contribution is -0.384. The van der Waals surface area contributed by atoms with Gasteiger partial charge in [0, 0.05) is 30.2 Å². The molecule has 25 heavy (non-hydrogen) atoms. The van der Waals surface area contributed by atoms with E-state index < -0.39 is 22.7 Å². The number of nitrogens with one attached hydrogen (secondary N) is 2. The minimum atomic E-state index is -0.639. The van der Waals surface area contributed by atoms with Crippen molar-refractivity contribution in [3.8, 4) is 5.75 Å². The van der Waals surface area contributed by atoms with E-state index in [0.29, 0.717) is 0 Å². The molecule has 0 aromatic heterocycles. The second-order valence-electron chi connectivity index (χ2n) is 4.83. The maximum Gasteiger partial charge on any atom is 0.308 e. The van der Waals surface area contributed by atoms with Gasteiger partial charge in [-0.3, -0.25) is 35.3 Å². The fraction of sp³-hybridized carbons (Fsp3) is 0.0625. The highest BCUT2D eigenvalue weighted by Crippen LogP contribution is 2.14. The molecule has 128 valence electrons. The zero-order valence-corrected chi connectivity index (χ0v) is 13.0. The third kappa shape index (κ3) is 4.86. The average molecular weight is 343 g/mol. The zero-order valence-electron chi connectivity index (χ0n) is 13.0. The van der Waals surface area contributed by atoms with Gasteiger partial charge in [-0.25, -0.2) is 0 Å². The van der Waals surface area contributed by atoms with Crippen molar-refractivity contribution in [3.05, 3.63) is 69.8 Å². The van der Waals surface area contributed by atoms with Crippen LogP contribution in [0.3, 0.4) is 0 Å². The first-order valence-electron chi connectivity index (χ1n) is 7.00. The van der Waals surface area contributed by atoms with E-state index in [2.05, 4.69) is 10.9 Å². The molecule has 2 amide bonds. The second-order valence-corrected chi connectivity index (χ2v) is 4.83. The van der Waals surface area contributed by atoms with Crippen LogP contribution in [0.25, 0.3) is 0 Å². The summed E-state index contributed by atoms with van der Waals surface area (Å²) in [6.07, 6.45) is 0. The molecule has 0 aliphatic heterocycles. The van der Waals surface area contributed by atoms with E-state index in [9.17, 15) is 24.5 Å². The molecule has 0 bridgehead atoms. The number of non-ortho nitro benzene ring substituents is 1. The Bertz CT molecular complexity index is 832. The highest BCUT2D eigenvalue weighted by atomic mass is 16.6. The van der Waals surface area contributed by atoms with Crippen LogP contribution < -0.4 is 15.6 Å². The summed E-state index contributed by atoms with van der Waals surface area (Å²) in [4.78, 5) is 44.8. The number of hydrazine groups is 1. The van der Waals surface area contributed by atoms with Gasteiger partial charge in [-0.2, -0.15) is 0 Å². The van der Waals surface area contributed by atoms with E-state index in [1.165, 1.54) is 55.5 Å². The van der Waals surface area contributed by atoms with E-state index in [0.717, 1.165) is 0 Å². The predicted molar refractivity (Wildman–Crippen MR) is 85.8 cm³/mol. The van der Waals surface area contributed by atoms with Crippen molar-refractivity contribution in [2.75, 3.05) is 0 Å². The first-order valence-corrected chi connectivity index (χ1v) is 7.00. The van der Waals surface area contributed by atoms with E-state index in [-0.39, 0.29) is 22.6 Å². The summed E-state index contributed by atoms with van der Waals surface area (Å²) < 4.78 is 4.87. The van der Waals surface area contributed by atoms with E-state index >= 15 is 0 Å². The van der Waals surface area contributed by atoms with Crippen LogP contribution in [0, 0.1) is 10.1 Å². The molecule has 0 atom stereocenters. The van der Waals surface area contributed by atoms with Crippen LogP contribution in [-0.4, -0.2) is 22.7 Å². The van der Waals surface area contributed by atoms with Gasteiger partial charge < -0.3 is 4.74 Å². The largest absolute Gasteiger partial charge is 0.427 e. The number of hydrogen-bond donors (Lipinski definition) is 2. The van der Waals surface area contributed by atoms with Crippen LogP contribution in [-0.2, 0) is 4.79 Å². The number of esters is 1. The number of hydrogen-bond acceptors (Lipinski definition) is 6. The predicted octanol–water partition coefficient (Wildman–Crippen LogP) is 1.59. The molecule has 0 heterocycles. The van der Waals surface area contributed by atoms with Crippen LogP contribution in [0.15, 0.2) is 48.5 Å². The second kappa shape index (κ2) is 7.68. The summed E-state index contributed by atoms with van der Waals surface area (Å²) in [6.45, 7) is 1.23. The molecule has 0 aliphatic carbocycles. The number of rotatable bonds is 4. The number of nitro groups is 1. The molecule has 0 fully saturated rings. The Balaban J connectivity index is 1.98. The topological polar surface area (TPSA) is 128 Å². The van der Waals surface area contributed by atoms with Gasteiger partial charge in [0.1, 0.15) is 5.75 Å². The number of nitrogens with zero attached hydrogens (tertiary/aromatic N) is 1. The van der Waals surface area contributed by atoms with Gasteiger partial charge in [0.05, 0.1) is 4.92 Å². The van der Waals surface area contributed by atoms with Gasteiger partial charge in [-0.05, 0) is 30.3 Å². The fourth-order valence-electron chi connectivity index (χ4n) is 1.86. The number of nitro benzene ring substituents is 1. The Labute approximate surface area is 141 Å². The van der Waals surface area contributed by atoms with Gasteiger partial charge in [0.25, 0.3) is 17.5 Å². The number of amides is 2. The van der Waals surface area contributed by atoms with Crippen molar-refractivity contribution in [1.29, 1.82) is 0 Å². The smallest absolute Gasteiger partial charge is 0.308 e. The lowest BCUT2D eigenvalue weighted by atomic mass is 10.2. The highest BCUT2D eigenvalue weighted by molar-refractivity contribution is 5.99. The molecule has 0 radical (unpaired) electrons. The van der Waals surface area contributed by atoms with Gasteiger partial charge in [0.15, 0.2) is 0 Å². The molecule has 2 N–H and O–H groups in total. The summed E-state index contributed by atoms with van der Waals surface area (Å²) in [5.74, 6) is -1.59. The Kier molecular flexibility index (Phi) is 5.41. The van der Waals surface area contributed by atoms with Gasteiger partial charge in [0.2, 0.25) is 0 Å². The molecule has 0 aliphatic rings. The molecule has 9 nitrogen and oxygen atoms in total. The molecule has 9 heteroatoms. The van der Waals surface area contributed by atoms with Crippen molar-refractivity contribution < 1.29 is 24.0 Å². The van der Waals surface area contributed by atoms with Crippen molar-refractivity contribution in [1.82, 2.24) is 10.9 Å². The molecule has 2 rings (SSSR count). The minimum absolute atomic E-state index is 0.138. The molecule has 2 aromatic carbocycles. The van der Waals surface area contributed by atoms with Gasteiger partial charge >= 0.3 is 5.97 Å². The third-order valence-electron chi connectivity index (χ3n) is 2.99. The molecule has 0 saturated carbocycles. The first kappa shape index (κ1) is 17.6. The lowest BCUT2D eigenvalue weighted by Crippen LogP contribution is -2.41. The Morgan fingerprint density at radius 2 is 1.56 bits per heavy atom. The summed E-state index contributed by atoms with van der Waals surface area (Å²) in [6, 6.07) is 10.7. The molecule has 0 spiro atoms. The van der Waals surface area contributed by atoms with Gasteiger partial charge in [-0.1, -0.05) is 6.07 Å². The molecular formula is C16H13N3O6. The van der Waals surface area contributed by atoms with Gasteiger partial charge in [-0.15, -0.1) is 0 Å². The minimum Gasteiger partial charge on any atom is -0.427 e. The summed E-state index contributed by atoms with van der Waals surface area (Å²) in [5.41, 5.74) is 4.55. The van der Waals surface area contributed by atoms with Crippen molar-refractivity contribution in [2.45, 2.75) is 6.92 Å². The number of carbonyl (C=O) groups excluding carboxylic acids is 3. The third-order valence-corrected chi connectivity index (χ3v) is 2.99. The molecule has 2 aromatic rings. The van der Waals surface area contributed by atoms with Crippen LogP contribution in [0.2, 0.25) is 0 Å².